The van der Waals surface area contributed by atoms with Crippen molar-refractivity contribution in [2.24, 2.45) is 5.92 Å². The van der Waals surface area contributed by atoms with Gasteiger partial charge in [-0.2, -0.15) is 0 Å². The maximum Gasteiger partial charge on any atom is 0.414 e. The highest BCUT2D eigenvalue weighted by molar-refractivity contribution is 5.88. The predicted molar refractivity (Wildman–Crippen MR) is 72.2 cm³/mol. The smallest absolute Gasteiger partial charge is 0.414 e. The molecule has 0 aromatic heterocycles. The Morgan fingerprint density at radius 1 is 1.26 bits per heavy atom. The van der Waals surface area contributed by atoms with E-state index >= 15 is 0 Å². The summed E-state index contributed by atoms with van der Waals surface area (Å²) in [4.78, 5) is 24.0. The zero-order valence-electron chi connectivity index (χ0n) is 11.2. The fourth-order valence-corrected chi connectivity index (χ4v) is 1.46. The molecule has 0 aliphatic carbocycles. The van der Waals surface area contributed by atoms with Crippen molar-refractivity contribution in [2.45, 2.75) is 20.3 Å². The van der Waals surface area contributed by atoms with E-state index < -0.39 is 12.1 Å². The monoisotopic (exact) mass is 265 g/mol. The molecule has 5 heteroatoms. The molecule has 1 amide bonds. The molecule has 0 atom stereocenters. The van der Waals surface area contributed by atoms with Crippen LogP contribution in [0.3, 0.4) is 0 Å². The number of aliphatic carboxylic acids is 1. The number of carboxylic acids is 1. The molecule has 104 valence electrons. The normalized spacial score (nSPS) is 10.3. The first-order chi connectivity index (χ1) is 9.00. The topological polar surface area (TPSA) is 66.8 Å². The number of amides is 1. The van der Waals surface area contributed by atoms with E-state index in [4.69, 9.17) is 9.84 Å². The Morgan fingerprint density at radius 3 is 2.42 bits per heavy atom. The summed E-state index contributed by atoms with van der Waals surface area (Å²) in [5, 5.41) is 8.73. The number of carboxylic acid groups (broad SMARTS) is 1. The maximum absolute atomic E-state index is 12.0. The van der Waals surface area contributed by atoms with Crippen LogP contribution in [0.5, 0.6) is 0 Å². The van der Waals surface area contributed by atoms with Crippen molar-refractivity contribution >= 4 is 17.7 Å². The third kappa shape index (κ3) is 5.42. The Hall–Kier alpha value is -2.04. The molecule has 19 heavy (non-hydrogen) atoms. The molecule has 0 aliphatic rings. The van der Waals surface area contributed by atoms with E-state index in [0.717, 1.165) is 0 Å². The lowest BCUT2D eigenvalue weighted by Gasteiger charge is -2.22. The second-order valence-electron chi connectivity index (χ2n) is 4.60. The van der Waals surface area contributed by atoms with E-state index in [-0.39, 0.29) is 18.9 Å². The van der Waals surface area contributed by atoms with Gasteiger partial charge in [0.05, 0.1) is 13.0 Å². The van der Waals surface area contributed by atoms with Crippen LogP contribution in [0.2, 0.25) is 0 Å². The standard InChI is InChI=1S/C14H19NO4/c1-11(2)10-19-14(18)15(9-8-13(16)17)12-6-4-3-5-7-12/h3-7,11H,8-10H2,1-2H3,(H,16,17). The van der Waals surface area contributed by atoms with Crippen molar-refractivity contribution in [3.63, 3.8) is 0 Å². The van der Waals surface area contributed by atoms with Gasteiger partial charge in [-0.15, -0.1) is 0 Å². The number of benzene rings is 1. The number of ether oxygens (including phenoxy) is 1. The predicted octanol–water partition coefficient (Wildman–Crippen LogP) is 2.76. The Labute approximate surface area is 112 Å². The zero-order chi connectivity index (χ0) is 14.3. The summed E-state index contributed by atoms with van der Waals surface area (Å²) in [6.45, 7) is 4.29. The van der Waals surface area contributed by atoms with E-state index in [1.807, 2.05) is 19.9 Å². The summed E-state index contributed by atoms with van der Waals surface area (Å²) in [5.41, 5.74) is 0.637. The number of carbonyl (C=O) groups excluding carboxylic acids is 1. The Morgan fingerprint density at radius 2 is 1.89 bits per heavy atom. The molecular weight excluding hydrogens is 246 g/mol. The minimum Gasteiger partial charge on any atom is -0.481 e. The molecule has 0 bridgehead atoms. The van der Waals surface area contributed by atoms with Crippen molar-refractivity contribution in [1.82, 2.24) is 0 Å². The fourth-order valence-electron chi connectivity index (χ4n) is 1.46. The van der Waals surface area contributed by atoms with Gasteiger partial charge in [0.25, 0.3) is 0 Å². The number of hydrogen-bond acceptors (Lipinski definition) is 3. The molecule has 0 aliphatic heterocycles. The number of hydrogen-bond donors (Lipinski definition) is 1. The van der Waals surface area contributed by atoms with E-state index in [0.29, 0.717) is 12.3 Å². The summed E-state index contributed by atoms with van der Waals surface area (Å²) in [6, 6.07) is 8.91. The summed E-state index contributed by atoms with van der Waals surface area (Å²) in [7, 11) is 0. The highest BCUT2D eigenvalue weighted by Gasteiger charge is 2.18. The molecule has 0 fully saturated rings. The molecule has 5 nitrogen and oxygen atoms in total. The van der Waals surface area contributed by atoms with Gasteiger partial charge >= 0.3 is 12.1 Å². The Kier molecular flexibility index (Phi) is 5.85. The van der Waals surface area contributed by atoms with Crippen LogP contribution in [0.25, 0.3) is 0 Å². The minimum absolute atomic E-state index is 0.0935. The first kappa shape index (κ1) is 15.0. The molecule has 0 spiro atoms. The van der Waals surface area contributed by atoms with E-state index in [9.17, 15) is 9.59 Å². The molecular formula is C14H19NO4. The van der Waals surface area contributed by atoms with Crippen LogP contribution in [0.4, 0.5) is 10.5 Å². The van der Waals surface area contributed by atoms with Gasteiger partial charge in [0, 0.05) is 12.2 Å². The van der Waals surface area contributed by atoms with Crippen LogP contribution < -0.4 is 4.90 Å². The lowest BCUT2D eigenvalue weighted by molar-refractivity contribution is -0.136. The van der Waals surface area contributed by atoms with E-state index in [1.165, 1.54) is 4.90 Å². The second kappa shape index (κ2) is 7.41. The van der Waals surface area contributed by atoms with E-state index in [1.54, 1.807) is 24.3 Å². The molecule has 1 N–H and O–H groups in total. The van der Waals surface area contributed by atoms with Gasteiger partial charge in [0.1, 0.15) is 0 Å². The fraction of sp³-hybridized carbons (Fsp3) is 0.429. The van der Waals surface area contributed by atoms with Crippen molar-refractivity contribution in [3.8, 4) is 0 Å². The average Bonchev–Trinajstić information content (AvgIpc) is 2.37. The molecule has 0 heterocycles. The molecule has 1 rings (SSSR count). The van der Waals surface area contributed by atoms with Crippen molar-refractivity contribution < 1.29 is 19.4 Å². The molecule has 0 unspecified atom stereocenters. The number of nitrogens with zero attached hydrogens (tertiary/aromatic N) is 1. The highest BCUT2D eigenvalue weighted by Crippen LogP contribution is 2.15. The van der Waals surface area contributed by atoms with Crippen LogP contribution in [0, 0.1) is 5.92 Å². The summed E-state index contributed by atoms with van der Waals surface area (Å²) >= 11 is 0. The van der Waals surface area contributed by atoms with Crippen molar-refractivity contribution in [2.75, 3.05) is 18.1 Å². The SMILES string of the molecule is CC(C)COC(=O)N(CCC(=O)O)c1ccccc1. The lowest BCUT2D eigenvalue weighted by atomic mass is 10.2. The van der Waals surface area contributed by atoms with Gasteiger partial charge in [-0.05, 0) is 18.1 Å². The Balaban J connectivity index is 2.74. The van der Waals surface area contributed by atoms with Gasteiger partial charge in [-0.25, -0.2) is 4.79 Å². The highest BCUT2D eigenvalue weighted by atomic mass is 16.6. The van der Waals surface area contributed by atoms with Gasteiger partial charge in [0.15, 0.2) is 0 Å². The summed E-state index contributed by atoms with van der Waals surface area (Å²) in [5.74, 6) is -0.710. The number of anilines is 1. The second-order valence-corrected chi connectivity index (χ2v) is 4.60. The maximum atomic E-state index is 12.0. The summed E-state index contributed by atoms with van der Waals surface area (Å²) < 4.78 is 5.15. The van der Waals surface area contributed by atoms with Gasteiger partial charge in [-0.3, -0.25) is 9.69 Å². The average molecular weight is 265 g/mol. The van der Waals surface area contributed by atoms with Crippen LogP contribution in [0.15, 0.2) is 30.3 Å². The Bertz CT molecular complexity index is 417. The molecule has 1 aromatic carbocycles. The van der Waals surface area contributed by atoms with Crippen LogP contribution >= 0.6 is 0 Å². The van der Waals surface area contributed by atoms with Crippen molar-refractivity contribution in [3.05, 3.63) is 30.3 Å². The minimum atomic E-state index is -0.947. The molecule has 0 saturated carbocycles. The number of carbonyl (C=O) groups is 2. The van der Waals surface area contributed by atoms with Crippen LogP contribution in [-0.4, -0.2) is 30.3 Å². The first-order valence-corrected chi connectivity index (χ1v) is 6.22. The third-order valence-electron chi connectivity index (χ3n) is 2.38. The molecule has 1 aromatic rings. The van der Waals surface area contributed by atoms with Crippen LogP contribution in [-0.2, 0) is 9.53 Å². The van der Waals surface area contributed by atoms with E-state index in [2.05, 4.69) is 0 Å². The summed E-state index contributed by atoms with van der Waals surface area (Å²) in [6.07, 6.45) is -0.632. The van der Waals surface area contributed by atoms with Crippen LogP contribution in [0.1, 0.15) is 20.3 Å². The lowest BCUT2D eigenvalue weighted by Crippen LogP contribution is -2.34. The van der Waals surface area contributed by atoms with Gasteiger partial charge in [-0.1, -0.05) is 32.0 Å². The van der Waals surface area contributed by atoms with Crippen molar-refractivity contribution in [1.29, 1.82) is 0 Å². The number of para-hydroxylation sites is 1. The quantitative estimate of drug-likeness (QED) is 0.858. The third-order valence-corrected chi connectivity index (χ3v) is 2.38. The molecule has 0 saturated heterocycles. The van der Waals surface area contributed by atoms with Gasteiger partial charge in [0.2, 0.25) is 0 Å². The number of rotatable bonds is 6. The zero-order valence-corrected chi connectivity index (χ0v) is 11.2. The molecule has 0 radical (unpaired) electrons. The largest absolute Gasteiger partial charge is 0.481 e. The van der Waals surface area contributed by atoms with Gasteiger partial charge < -0.3 is 9.84 Å². The first-order valence-electron chi connectivity index (χ1n) is 6.22.